The molecule has 0 radical (unpaired) electrons. The van der Waals surface area contributed by atoms with E-state index in [1.54, 1.807) is 0 Å². The molecule has 1 aliphatic heterocycles. The molecule has 0 aliphatic carbocycles. The Hall–Kier alpha value is -2.34. The Morgan fingerprint density at radius 1 is 1.27 bits per heavy atom. The maximum absolute atomic E-state index is 12.6. The number of rotatable bonds is 4. The molecule has 1 amide bonds. The van der Waals surface area contributed by atoms with E-state index in [1.807, 2.05) is 48.5 Å². The summed E-state index contributed by atoms with van der Waals surface area (Å²) in [6, 6.07) is 16.0. The molecule has 1 unspecified atom stereocenters. The summed E-state index contributed by atoms with van der Waals surface area (Å²) in [5.74, 6) is 0.962. The van der Waals surface area contributed by atoms with Gasteiger partial charge in [-0.25, -0.2) is 4.98 Å². The normalized spacial score (nSPS) is 17.4. The number of aromatic amines is 1. The maximum atomic E-state index is 12.6. The highest BCUT2D eigenvalue weighted by molar-refractivity contribution is 9.10. The summed E-state index contributed by atoms with van der Waals surface area (Å²) >= 11 is 3.49. The van der Waals surface area contributed by atoms with Crippen LogP contribution in [0.4, 0.5) is 5.95 Å². The number of piperidine rings is 1. The van der Waals surface area contributed by atoms with E-state index in [2.05, 4.69) is 36.1 Å². The van der Waals surface area contributed by atoms with Crippen molar-refractivity contribution < 1.29 is 4.79 Å². The zero-order chi connectivity index (χ0) is 17.9. The molecule has 1 fully saturated rings. The Bertz CT molecular complexity index is 909. The summed E-state index contributed by atoms with van der Waals surface area (Å²) < 4.78 is 1.03. The molecule has 1 saturated heterocycles. The number of benzene rings is 2. The van der Waals surface area contributed by atoms with E-state index in [1.165, 1.54) is 0 Å². The predicted molar refractivity (Wildman–Crippen MR) is 107 cm³/mol. The number of anilines is 1. The van der Waals surface area contributed by atoms with E-state index < -0.39 is 0 Å². The largest absolute Gasteiger partial charge is 0.352 e. The van der Waals surface area contributed by atoms with E-state index >= 15 is 0 Å². The lowest BCUT2D eigenvalue weighted by molar-refractivity contribution is -0.125. The second kappa shape index (κ2) is 7.50. The zero-order valence-corrected chi connectivity index (χ0v) is 16.0. The van der Waals surface area contributed by atoms with Crippen LogP contribution in [-0.4, -0.2) is 29.0 Å². The number of H-pyrrole nitrogens is 1. The van der Waals surface area contributed by atoms with Crippen molar-refractivity contribution >= 4 is 38.8 Å². The second-order valence-electron chi connectivity index (χ2n) is 6.71. The number of carbonyl (C=O) groups is 1. The first-order valence-corrected chi connectivity index (χ1v) is 9.70. The highest BCUT2D eigenvalue weighted by atomic mass is 79.9. The summed E-state index contributed by atoms with van der Waals surface area (Å²) in [7, 11) is 0. The van der Waals surface area contributed by atoms with Gasteiger partial charge in [0.2, 0.25) is 11.9 Å². The molecule has 2 N–H and O–H groups in total. The fraction of sp³-hybridized carbons (Fsp3) is 0.300. The third-order valence-electron chi connectivity index (χ3n) is 4.83. The first kappa shape index (κ1) is 17.1. The summed E-state index contributed by atoms with van der Waals surface area (Å²) in [6.07, 6.45) is 1.91. The highest BCUT2D eigenvalue weighted by Crippen LogP contribution is 2.25. The fourth-order valence-corrected chi connectivity index (χ4v) is 3.79. The van der Waals surface area contributed by atoms with Crippen molar-refractivity contribution in [2.45, 2.75) is 19.4 Å². The van der Waals surface area contributed by atoms with Gasteiger partial charge in [-0.15, -0.1) is 0 Å². The molecule has 134 valence electrons. The molecule has 0 saturated carbocycles. The number of hydrogen-bond donors (Lipinski definition) is 2. The Labute approximate surface area is 160 Å². The summed E-state index contributed by atoms with van der Waals surface area (Å²) in [5, 5.41) is 3.07. The molecule has 6 heteroatoms. The number of fused-ring (bicyclic) bond motifs is 1. The third kappa shape index (κ3) is 3.75. The van der Waals surface area contributed by atoms with Gasteiger partial charge in [-0.2, -0.15) is 0 Å². The molecular formula is C20H21BrN4O. The van der Waals surface area contributed by atoms with Crippen LogP contribution < -0.4 is 10.2 Å². The molecule has 1 aliphatic rings. The van der Waals surface area contributed by atoms with E-state index in [-0.39, 0.29) is 11.8 Å². The van der Waals surface area contributed by atoms with Crippen LogP contribution in [0.25, 0.3) is 11.0 Å². The molecule has 26 heavy (non-hydrogen) atoms. The van der Waals surface area contributed by atoms with Gasteiger partial charge in [0.15, 0.2) is 0 Å². The molecule has 0 spiro atoms. The van der Waals surface area contributed by atoms with Gasteiger partial charge in [0.05, 0.1) is 17.0 Å². The van der Waals surface area contributed by atoms with Crippen molar-refractivity contribution in [2.75, 3.05) is 18.0 Å². The molecule has 1 aromatic heterocycles. The number of amides is 1. The van der Waals surface area contributed by atoms with Crippen LogP contribution in [0.1, 0.15) is 18.4 Å². The summed E-state index contributed by atoms with van der Waals surface area (Å²) in [4.78, 5) is 22.8. The highest BCUT2D eigenvalue weighted by Gasteiger charge is 2.27. The number of aromatic nitrogens is 2. The van der Waals surface area contributed by atoms with E-state index in [9.17, 15) is 4.79 Å². The monoisotopic (exact) mass is 412 g/mol. The van der Waals surface area contributed by atoms with Crippen molar-refractivity contribution in [3.05, 3.63) is 58.6 Å². The Morgan fingerprint density at radius 3 is 2.96 bits per heavy atom. The van der Waals surface area contributed by atoms with Crippen LogP contribution in [0.5, 0.6) is 0 Å². The number of halogens is 1. The van der Waals surface area contributed by atoms with Crippen molar-refractivity contribution in [1.29, 1.82) is 0 Å². The molecule has 3 aromatic rings. The first-order valence-electron chi connectivity index (χ1n) is 8.91. The van der Waals surface area contributed by atoms with E-state index in [4.69, 9.17) is 0 Å². The van der Waals surface area contributed by atoms with Crippen LogP contribution in [0.15, 0.2) is 53.0 Å². The molecule has 4 rings (SSSR count). The topological polar surface area (TPSA) is 61.0 Å². The van der Waals surface area contributed by atoms with Crippen LogP contribution in [-0.2, 0) is 11.3 Å². The van der Waals surface area contributed by atoms with Gasteiger partial charge >= 0.3 is 0 Å². The Morgan fingerprint density at radius 2 is 2.12 bits per heavy atom. The predicted octanol–water partition coefficient (Wildman–Crippen LogP) is 3.86. The standard InChI is InChI=1S/C20H21BrN4O/c21-16-8-9-17-18(11-16)24-20(23-17)25-10-4-7-15(13-25)19(26)22-12-14-5-2-1-3-6-14/h1-3,5-6,8-9,11,15H,4,7,10,12-13H2,(H,22,26)(H,23,24). The summed E-state index contributed by atoms with van der Waals surface area (Å²) in [5.41, 5.74) is 3.07. The number of nitrogens with one attached hydrogen (secondary N) is 2. The fourth-order valence-electron chi connectivity index (χ4n) is 3.43. The lowest BCUT2D eigenvalue weighted by atomic mass is 9.97. The number of nitrogens with zero attached hydrogens (tertiary/aromatic N) is 2. The molecule has 2 aromatic carbocycles. The van der Waals surface area contributed by atoms with Crippen molar-refractivity contribution in [3.8, 4) is 0 Å². The minimum Gasteiger partial charge on any atom is -0.352 e. The van der Waals surface area contributed by atoms with Crippen LogP contribution >= 0.6 is 15.9 Å². The molecule has 1 atom stereocenters. The average Bonchev–Trinajstić information content (AvgIpc) is 3.10. The minimum atomic E-state index is -0.00703. The summed E-state index contributed by atoms with van der Waals surface area (Å²) in [6.45, 7) is 2.19. The minimum absolute atomic E-state index is 0.00703. The second-order valence-corrected chi connectivity index (χ2v) is 7.63. The number of hydrogen-bond acceptors (Lipinski definition) is 3. The van der Waals surface area contributed by atoms with Crippen molar-refractivity contribution in [1.82, 2.24) is 15.3 Å². The first-order chi connectivity index (χ1) is 12.7. The molecule has 5 nitrogen and oxygen atoms in total. The molecule has 0 bridgehead atoms. The Kier molecular flexibility index (Phi) is 4.93. The van der Waals surface area contributed by atoms with Gasteiger partial charge in [0.25, 0.3) is 0 Å². The lowest BCUT2D eigenvalue weighted by Crippen LogP contribution is -2.43. The van der Waals surface area contributed by atoms with Crippen molar-refractivity contribution in [2.24, 2.45) is 5.92 Å². The van der Waals surface area contributed by atoms with Gasteiger partial charge in [-0.1, -0.05) is 46.3 Å². The van der Waals surface area contributed by atoms with Crippen LogP contribution in [0.2, 0.25) is 0 Å². The SMILES string of the molecule is O=C(NCc1ccccc1)C1CCCN(c2nc3ccc(Br)cc3[nH]2)C1. The van der Waals surface area contributed by atoms with Gasteiger partial charge < -0.3 is 15.2 Å². The molecular weight excluding hydrogens is 392 g/mol. The van der Waals surface area contributed by atoms with Crippen molar-refractivity contribution in [3.63, 3.8) is 0 Å². The van der Waals surface area contributed by atoms with Gasteiger partial charge in [-0.3, -0.25) is 4.79 Å². The van der Waals surface area contributed by atoms with Gasteiger partial charge in [-0.05, 0) is 36.6 Å². The van der Waals surface area contributed by atoms with Crippen LogP contribution in [0.3, 0.4) is 0 Å². The smallest absolute Gasteiger partial charge is 0.225 e. The zero-order valence-electron chi connectivity index (χ0n) is 14.4. The average molecular weight is 413 g/mol. The Balaban J connectivity index is 1.42. The van der Waals surface area contributed by atoms with Gasteiger partial charge in [0.1, 0.15) is 0 Å². The molecule has 2 heterocycles. The van der Waals surface area contributed by atoms with Gasteiger partial charge in [0, 0.05) is 24.1 Å². The van der Waals surface area contributed by atoms with E-state index in [0.29, 0.717) is 13.1 Å². The lowest BCUT2D eigenvalue weighted by Gasteiger charge is -2.31. The third-order valence-corrected chi connectivity index (χ3v) is 5.33. The maximum Gasteiger partial charge on any atom is 0.225 e. The van der Waals surface area contributed by atoms with E-state index in [0.717, 1.165) is 46.4 Å². The number of carbonyl (C=O) groups excluding carboxylic acids is 1. The quantitative estimate of drug-likeness (QED) is 0.683. The van der Waals surface area contributed by atoms with Crippen LogP contribution in [0, 0.1) is 5.92 Å². The number of imidazole rings is 1.